The second-order valence-electron chi connectivity index (χ2n) is 5.53. The fraction of sp³-hybridized carbons (Fsp3) is 0.471. The van der Waals surface area contributed by atoms with Gasteiger partial charge >= 0.3 is 0 Å². The summed E-state index contributed by atoms with van der Waals surface area (Å²) in [5.41, 5.74) is 2.40. The molecular weight excluding hydrogens is 300 g/mol. The molecule has 0 unspecified atom stereocenters. The van der Waals surface area contributed by atoms with E-state index in [0.29, 0.717) is 6.04 Å². The molecule has 1 N–H and O–H groups in total. The van der Waals surface area contributed by atoms with Gasteiger partial charge in [-0.2, -0.15) is 0 Å². The fourth-order valence-corrected chi connectivity index (χ4v) is 3.48. The molecule has 1 aromatic heterocycles. The summed E-state index contributed by atoms with van der Waals surface area (Å²) < 4.78 is 0. The first-order valence-electron chi connectivity index (χ1n) is 7.54. The van der Waals surface area contributed by atoms with Crippen molar-refractivity contribution < 1.29 is 0 Å². The van der Waals surface area contributed by atoms with Crippen LogP contribution in [0.5, 0.6) is 0 Å². The zero-order valence-corrected chi connectivity index (χ0v) is 14.5. The van der Waals surface area contributed by atoms with Crippen LogP contribution in [0.2, 0.25) is 5.02 Å². The fourth-order valence-electron chi connectivity index (χ4n) is 2.18. The number of thiazole rings is 1. The van der Waals surface area contributed by atoms with Crippen molar-refractivity contribution in [3.63, 3.8) is 0 Å². The highest BCUT2D eigenvalue weighted by molar-refractivity contribution is 7.11. The van der Waals surface area contributed by atoms with Crippen LogP contribution in [0.1, 0.15) is 48.3 Å². The van der Waals surface area contributed by atoms with E-state index in [-0.39, 0.29) is 0 Å². The molecule has 0 aliphatic heterocycles. The summed E-state index contributed by atoms with van der Waals surface area (Å²) in [4.78, 5) is 6.20. The largest absolute Gasteiger partial charge is 0.310 e. The van der Waals surface area contributed by atoms with Crippen LogP contribution in [0, 0.1) is 0 Å². The van der Waals surface area contributed by atoms with Crippen molar-refractivity contribution in [1.29, 1.82) is 0 Å². The molecule has 114 valence electrons. The van der Waals surface area contributed by atoms with Crippen molar-refractivity contribution in [3.8, 4) is 0 Å². The Balaban J connectivity index is 2.16. The van der Waals surface area contributed by atoms with E-state index < -0.39 is 0 Å². The maximum absolute atomic E-state index is 6.25. The van der Waals surface area contributed by atoms with Crippen LogP contribution in [-0.4, -0.2) is 11.0 Å². The van der Waals surface area contributed by atoms with Crippen LogP contribution in [0.3, 0.4) is 0 Å². The highest BCUT2D eigenvalue weighted by Gasteiger charge is 2.12. The van der Waals surface area contributed by atoms with Crippen molar-refractivity contribution in [1.82, 2.24) is 10.3 Å². The molecule has 0 saturated heterocycles. The monoisotopic (exact) mass is 322 g/mol. The van der Waals surface area contributed by atoms with Crippen LogP contribution >= 0.6 is 22.9 Å². The van der Waals surface area contributed by atoms with E-state index in [0.717, 1.165) is 41.4 Å². The maximum atomic E-state index is 6.25. The van der Waals surface area contributed by atoms with Crippen LogP contribution < -0.4 is 5.32 Å². The smallest absolute Gasteiger partial charge is 0.0975 e. The Morgan fingerprint density at radius 1 is 1.29 bits per heavy atom. The number of halogens is 1. The number of nitrogens with zero attached hydrogens (tertiary/aromatic N) is 1. The Morgan fingerprint density at radius 3 is 2.71 bits per heavy atom. The Bertz CT molecular complexity index is 578. The molecule has 0 atom stereocenters. The van der Waals surface area contributed by atoms with E-state index >= 15 is 0 Å². The Morgan fingerprint density at radius 2 is 2.05 bits per heavy atom. The minimum atomic E-state index is 0.494. The lowest BCUT2D eigenvalue weighted by Crippen LogP contribution is -2.21. The van der Waals surface area contributed by atoms with Gasteiger partial charge in [0, 0.05) is 28.9 Å². The molecule has 0 bridgehead atoms. The molecule has 0 amide bonds. The summed E-state index contributed by atoms with van der Waals surface area (Å²) in [6.45, 7) is 7.45. The van der Waals surface area contributed by atoms with Crippen molar-refractivity contribution in [3.05, 3.63) is 50.4 Å². The van der Waals surface area contributed by atoms with Gasteiger partial charge in [0.1, 0.15) is 0 Å². The first-order chi connectivity index (χ1) is 10.1. The quantitative estimate of drug-likeness (QED) is 0.789. The molecule has 0 spiro atoms. The van der Waals surface area contributed by atoms with Gasteiger partial charge in [0.25, 0.3) is 0 Å². The molecule has 1 aromatic carbocycles. The highest BCUT2D eigenvalue weighted by atomic mass is 35.5. The average molecular weight is 323 g/mol. The number of benzene rings is 1. The Hall–Kier alpha value is -0.900. The van der Waals surface area contributed by atoms with Crippen molar-refractivity contribution in [2.24, 2.45) is 0 Å². The second kappa shape index (κ2) is 7.92. The highest BCUT2D eigenvalue weighted by Crippen LogP contribution is 2.25. The predicted molar refractivity (Wildman–Crippen MR) is 92.3 cm³/mol. The van der Waals surface area contributed by atoms with E-state index in [1.807, 2.05) is 29.5 Å². The first kappa shape index (κ1) is 16.5. The van der Waals surface area contributed by atoms with E-state index in [9.17, 15) is 0 Å². The summed E-state index contributed by atoms with van der Waals surface area (Å²) in [5.74, 6) is 0. The zero-order chi connectivity index (χ0) is 15.2. The van der Waals surface area contributed by atoms with Crippen molar-refractivity contribution >= 4 is 22.9 Å². The summed E-state index contributed by atoms with van der Waals surface area (Å²) in [6, 6.07) is 8.51. The lowest BCUT2D eigenvalue weighted by Gasteiger charge is -2.07. The molecular formula is C17H23ClN2S. The van der Waals surface area contributed by atoms with Gasteiger partial charge in [0.05, 0.1) is 10.7 Å². The van der Waals surface area contributed by atoms with E-state index in [1.165, 1.54) is 10.6 Å². The van der Waals surface area contributed by atoms with Crippen molar-refractivity contribution in [2.45, 2.75) is 52.6 Å². The molecule has 0 radical (unpaired) electrons. The lowest BCUT2D eigenvalue weighted by molar-refractivity contribution is 0.589. The number of hydrogen-bond donors (Lipinski definition) is 1. The lowest BCUT2D eigenvalue weighted by atomic mass is 10.1. The SMILES string of the molecule is CCCc1nc(Cc2ccccc2Cl)sc1CNC(C)C. The molecule has 21 heavy (non-hydrogen) atoms. The van der Waals surface area contributed by atoms with Crippen LogP contribution in [0.15, 0.2) is 24.3 Å². The van der Waals surface area contributed by atoms with Gasteiger partial charge in [0.2, 0.25) is 0 Å². The van der Waals surface area contributed by atoms with Gasteiger partial charge in [-0.25, -0.2) is 4.98 Å². The van der Waals surface area contributed by atoms with Crippen LogP contribution in [0.4, 0.5) is 0 Å². The minimum Gasteiger partial charge on any atom is -0.310 e. The summed E-state index contributed by atoms with van der Waals surface area (Å²) in [5, 5.41) is 5.48. The molecule has 0 aliphatic carbocycles. The molecule has 1 heterocycles. The second-order valence-corrected chi connectivity index (χ2v) is 7.11. The molecule has 0 fully saturated rings. The average Bonchev–Trinajstić information content (AvgIpc) is 2.81. The molecule has 2 rings (SSSR count). The molecule has 4 heteroatoms. The van der Waals surface area contributed by atoms with Gasteiger partial charge in [-0.15, -0.1) is 11.3 Å². The summed E-state index contributed by atoms with van der Waals surface area (Å²) in [6.07, 6.45) is 3.00. The van der Waals surface area contributed by atoms with Crippen LogP contribution in [0.25, 0.3) is 0 Å². The van der Waals surface area contributed by atoms with Gasteiger partial charge < -0.3 is 5.32 Å². The number of nitrogens with one attached hydrogen (secondary N) is 1. The van der Waals surface area contributed by atoms with Crippen molar-refractivity contribution in [2.75, 3.05) is 0 Å². The normalized spacial score (nSPS) is 11.3. The topological polar surface area (TPSA) is 24.9 Å². The van der Waals surface area contributed by atoms with Crippen LogP contribution in [-0.2, 0) is 19.4 Å². The van der Waals surface area contributed by atoms with E-state index in [1.54, 1.807) is 0 Å². The third kappa shape index (κ3) is 4.80. The minimum absolute atomic E-state index is 0.494. The Kier molecular flexibility index (Phi) is 6.22. The third-order valence-electron chi connectivity index (χ3n) is 3.28. The van der Waals surface area contributed by atoms with Gasteiger partial charge in [-0.05, 0) is 18.1 Å². The number of aryl methyl sites for hydroxylation is 1. The van der Waals surface area contributed by atoms with Gasteiger partial charge in [-0.1, -0.05) is 57.0 Å². The maximum Gasteiger partial charge on any atom is 0.0975 e. The molecule has 2 aromatic rings. The number of hydrogen-bond acceptors (Lipinski definition) is 3. The number of rotatable bonds is 7. The molecule has 0 saturated carbocycles. The molecule has 2 nitrogen and oxygen atoms in total. The Labute approximate surface area is 136 Å². The summed E-state index contributed by atoms with van der Waals surface area (Å²) in [7, 11) is 0. The predicted octanol–water partition coefficient (Wildman–Crippen LogP) is 4.84. The van der Waals surface area contributed by atoms with E-state index in [4.69, 9.17) is 16.6 Å². The number of aromatic nitrogens is 1. The third-order valence-corrected chi connectivity index (χ3v) is 4.75. The zero-order valence-electron chi connectivity index (χ0n) is 12.9. The van der Waals surface area contributed by atoms with E-state index in [2.05, 4.69) is 32.2 Å². The van der Waals surface area contributed by atoms with Gasteiger partial charge in [-0.3, -0.25) is 0 Å². The standard InChI is InChI=1S/C17H23ClN2S/c1-4-7-15-16(11-19-12(2)3)21-17(20-15)10-13-8-5-6-9-14(13)18/h5-6,8-9,12,19H,4,7,10-11H2,1-3H3. The first-order valence-corrected chi connectivity index (χ1v) is 8.73. The summed E-state index contributed by atoms with van der Waals surface area (Å²) >= 11 is 8.06. The van der Waals surface area contributed by atoms with Gasteiger partial charge in [0.15, 0.2) is 0 Å². The molecule has 0 aliphatic rings.